The van der Waals surface area contributed by atoms with Crippen LogP contribution >= 0.6 is 0 Å². The van der Waals surface area contributed by atoms with Gasteiger partial charge in [-0.05, 0) is 18.2 Å². The van der Waals surface area contributed by atoms with E-state index < -0.39 is 47.9 Å². The minimum Gasteiger partial charge on any atom is -0.481 e. The number of furan rings is 2. The molecule has 0 aliphatic carbocycles. The summed E-state index contributed by atoms with van der Waals surface area (Å²) in [5.74, 6) is -8.02. The molecular weight excluding hydrogens is 352 g/mol. The molecule has 4 atom stereocenters. The molecule has 4 heterocycles. The standard InChI is InChI=1S/C16H10O10/c17-13(18)8-4-1-2-5(24-4)10(8)16(23)26-7-3-6-9(14(19)20)11(15(21)22)12(7)25-6/h1-3,6,9,11-12H,(H,17,18)(H,19,20)(H,21,22). The lowest BCUT2D eigenvalue weighted by Gasteiger charge is -2.21. The molecule has 2 aliphatic rings. The average molecular weight is 362 g/mol. The topological polar surface area (TPSA) is 161 Å². The van der Waals surface area contributed by atoms with Gasteiger partial charge in [0, 0.05) is 0 Å². The molecule has 0 amide bonds. The largest absolute Gasteiger partial charge is 0.481 e. The molecule has 0 saturated carbocycles. The zero-order valence-electron chi connectivity index (χ0n) is 12.7. The number of rotatable bonds is 5. The summed E-state index contributed by atoms with van der Waals surface area (Å²) < 4.78 is 15.6. The van der Waals surface area contributed by atoms with Crippen LogP contribution in [0.25, 0.3) is 11.2 Å². The number of aliphatic carboxylic acids is 2. The van der Waals surface area contributed by atoms with E-state index in [2.05, 4.69) is 0 Å². The number of hydrogen-bond donors (Lipinski definition) is 3. The summed E-state index contributed by atoms with van der Waals surface area (Å²) in [6.07, 6.45) is -1.07. The van der Waals surface area contributed by atoms with Gasteiger partial charge in [0.25, 0.3) is 0 Å². The summed E-state index contributed by atoms with van der Waals surface area (Å²) in [6.45, 7) is 0. The second-order valence-corrected chi connectivity index (χ2v) is 5.93. The molecule has 2 aromatic heterocycles. The fraction of sp³-hybridized carbons (Fsp3) is 0.250. The van der Waals surface area contributed by atoms with Crippen LogP contribution in [0.4, 0.5) is 0 Å². The maximum Gasteiger partial charge on any atom is 0.348 e. The normalized spacial score (nSPS) is 26.8. The van der Waals surface area contributed by atoms with E-state index in [4.69, 9.17) is 13.9 Å². The fourth-order valence-electron chi connectivity index (χ4n) is 3.47. The lowest BCUT2D eigenvalue weighted by Crippen LogP contribution is -2.38. The van der Waals surface area contributed by atoms with Crippen molar-refractivity contribution in [1.29, 1.82) is 0 Å². The molecule has 2 aliphatic heterocycles. The molecule has 4 bridgehead atoms. The van der Waals surface area contributed by atoms with Crippen molar-refractivity contribution in [2.75, 3.05) is 0 Å². The number of aromatic carboxylic acids is 1. The number of carboxylic acid groups (broad SMARTS) is 3. The Hall–Kier alpha value is -3.40. The third-order valence-electron chi connectivity index (χ3n) is 4.53. The van der Waals surface area contributed by atoms with Crippen LogP contribution in [0.2, 0.25) is 0 Å². The van der Waals surface area contributed by atoms with Crippen molar-refractivity contribution < 1.29 is 48.4 Å². The van der Waals surface area contributed by atoms with Gasteiger partial charge in [0.2, 0.25) is 0 Å². The number of carboxylic acids is 3. The first-order valence-electron chi connectivity index (χ1n) is 7.42. The van der Waals surface area contributed by atoms with Crippen LogP contribution in [0.1, 0.15) is 20.7 Å². The number of benzene rings is 1. The van der Waals surface area contributed by atoms with Gasteiger partial charge in [-0.2, -0.15) is 0 Å². The van der Waals surface area contributed by atoms with E-state index in [1.54, 1.807) is 0 Å². The average Bonchev–Trinajstić information content (AvgIpc) is 3.31. The minimum absolute atomic E-state index is 0.00646. The Bertz CT molecular complexity index is 982. The Morgan fingerprint density at radius 1 is 0.923 bits per heavy atom. The van der Waals surface area contributed by atoms with Crippen LogP contribution in [0, 0.1) is 11.8 Å². The zero-order valence-corrected chi connectivity index (χ0v) is 12.7. The summed E-state index contributed by atoms with van der Waals surface area (Å²) in [5, 5.41) is 27.7. The minimum atomic E-state index is -1.42. The van der Waals surface area contributed by atoms with E-state index in [0.29, 0.717) is 0 Å². The fourth-order valence-corrected chi connectivity index (χ4v) is 3.47. The third kappa shape index (κ3) is 2.09. The smallest absolute Gasteiger partial charge is 0.348 e. The molecule has 1 fully saturated rings. The van der Waals surface area contributed by atoms with Crippen molar-refractivity contribution in [3.63, 3.8) is 0 Å². The number of hydrogen-bond acceptors (Lipinski definition) is 7. The third-order valence-corrected chi connectivity index (χ3v) is 4.53. The van der Waals surface area contributed by atoms with Crippen molar-refractivity contribution in [2.24, 2.45) is 11.8 Å². The molecule has 0 spiro atoms. The van der Waals surface area contributed by atoms with Gasteiger partial charge in [-0.25, -0.2) is 9.59 Å². The van der Waals surface area contributed by atoms with Gasteiger partial charge in [-0.1, -0.05) is 0 Å². The summed E-state index contributed by atoms with van der Waals surface area (Å²) in [6, 6.07) is 2.80. The number of carbonyl (C=O) groups is 4. The van der Waals surface area contributed by atoms with Gasteiger partial charge in [0.05, 0.1) is 6.10 Å². The monoisotopic (exact) mass is 362 g/mol. The number of fused-ring (bicyclic) bond motifs is 4. The summed E-state index contributed by atoms with van der Waals surface area (Å²) in [4.78, 5) is 46.4. The van der Waals surface area contributed by atoms with E-state index in [0.717, 1.165) is 0 Å². The molecule has 0 radical (unpaired) electrons. The van der Waals surface area contributed by atoms with Gasteiger partial charge >= 0.3 is 23.9 Å². The predicted molar refractivity (Wildman–Crippen MR) is 78.8 cm³/mol. The van der Waals surface area contributed by atoms with Crippen molar-refractivity contribution in [1.82, 2.24) is 0 Å². The van der Waals surface area contributed by atoms with Crippen LogP contribution in [0.15, 0.2) is 28.4 Å². The Morgan fingerprint density at radius 2 is 1.54 bits per heavy atom. The van der Waals surface area contributed by atoms with Crippen LogP contribution < -0.4 is 0 Å². The van der Waals surface area contributed by atoms with Crippen LogP contribution in [0.5, 0.6) is 0 Å². The first-order valence-corrected chi connectivity index (χ1v) is 7.42. The molecule has 134 valence electrons. The van der Waals surface area contributed by atoms with Crippen molar-refractivity contribution in [3.8, 4) is 0 Å². The van der Waals surface area contributed by atoms with Crippen LogP contribution in [-0.4, -0.2) is 51.4 Å². The first-order chi connectivity index (χ1) is 12.3. The van der Waals surface area contributed by atoms with Crippen molar-refractivity contribution in [2.45, 2.75) is 12.2 Å². The zero-order chi connectivity index (χ0) is 18.7. The quantitative estimate of drug-likeness (QED) is 0.649. The molecule has 1 saturated heterocycles. The van der Waals surface area contributed by atoms with Crippen LogP contribution in [-0.2, 0) is 19.1 Å². The molecular formula is C16H10O10. The second-order valence-electron chi connectivity index (χ2n) is 5.93. The number of esters is 1. The number of ether oxygens (including phenoxy) is 2. The first kappa shape index (κ1) is 16.1. The highest BCUT2D eigenvalue weighted by Crippen LogP contribution is 2.44. The highest BCUT2D eigenvalue weighted by molar-refractivity contribution is 6.12. The Morgan fingerprint density at radius 3 is 2.12 bits per heavy atom. The predicted octanol–water partition coefficient (Wildman–Crippen LogP) is 0.792. The molecule has 0 aromatic carbocycles. The SMILES string of the molecule is O=C(O)c1c(C(=O)OC2=CC3OC2C(C(=O)O)C3C(=O)O)c2ccc1o2. The molecule has 10 heteroatoms. The maximum atomic E-state index is 12.4. The Balaban J connectivity index is 1.64. The van der Waals surface area contributed by atoms with Gasteiger partial charge in [0.1, 0.15) is 46.0 Å². The lowest BCUT2D eigenvalue weighted by atomic mass is 9.82. The molecule has 10 nitrogen and oxygen atoms in total. The van der Waals surface area contributed by atoms with Crippen LogP contribution in [0.3, 0.4) is 0 Å². The van der Waals surface area contributed by atoms with E-state index in [1.807, 2.05) is 0 Å². The molecule has 2 aromatic rings. The Kier molecular flexibility index (Phi) is 3.28. The summed E-state index contributed by atoms with van der Waals surface area (Å²) >= 11 is 0. The van der Waals surface area contributed by atoms with Gasteiger partial charge < -0.3 is 29.2 Å². The number of carbonyl (C=O) groups excluding carboxylic acids is 1. The van der Waals surface area contributed by atoms with Crippen molar-refractivity contribution >= 4 is 35.0 Å². The molecule has 26 heavy (non-hydrogen) atoms. The maximum absolute atomic E-state index is 12.4. The molecule has 4 unspecified atom stereocenters. The second kappa shape index (κ2) is 5.30. The van der Waals surface area contributed by atoms with E-state index in [9.17, 15) is 34.5 Å². The van der Waals surface area contributed by atoms with E-state index in [1.165, 1.54) is 18.2 Å². The van der Waals surface area contributed by atoms with E-state index in [-0.39, 0.29) is 28.1 Å². The van der Waals surface area contributed by atoms with Gasteiger partial charge in [-0.3, -0.25) is 9.59 Å². The van der Waals surface area contributed by atoms with E-state index >= 15 is 0 Å². The Labute approximate surface area is 143 Å². The summed E-state index contributed by atoms with van der Waals surface area (Å²) in [7, 11) is 0. The molecule has 4 rings (SSSR count). The van der Waals surface area contributed by atoms with Crippen molar-refractivity contribution in [3.05, 3.63) is 35.1 Å². The highest BCUT2D eigenvalue weighted by atomic mass is 16.6. The molecule has 3 N–H and O–H groups in total. The van der Waals surface area contributed by atoms with Gasteiger partial charge in [0.15, 0.2) is 0 Å². The lowest BCUT2D eigenvalue weighted by molar-refractivity contribution is -0.153. The highest BCUT2D eigenvalue weighted by Gasteiger charge is 2.58. The van der Waals surface area contributed by atoms with Gasteiger partial charge in [-0.15, -0.1) is 0 Å². The summed E-state index contributed by atoms with van der Waals surface area (Å²) in [5.41, 5.74) is -0.618.